The summed E-state index contributed by atoms with van der Waals surface area (Å²) in [7, 11) is 1.72. The Labute approximate surface area is 124 Å². The molecule has 0 spiro atoms. The minimum absolute atomic E-state index is 0.340. The maximum Gasteiger partial charge on any atom is 0.259 e. The number of nitrogens with one attached hydrogen (secondary N) is 2. The lowest BCUT2D eigenvalue weighted by atomic mass is 10.1. The third kappa shape index (κ3) is 2.96. The van der Waals surface area contributed by atoms with Crippen LogP contribution < -0.4 is 10.6 Å². The number of amides is 1. The van der Waals surface area contributed by atoms with Crippen LogP contribution in [0.1, 0.15) is 15.9 Å². The number of rotatable bonds is 3. The van der Waals surface area contributed by atoms with Crippen molar-refractivity contribution in [1.29, 1.82) is 0 Å². The van der Waals surface area contributed by atoms with E-state index in [1.54, 1.807) is 32.3 Å². The fraction of sp³-hybridized carbons (Fsp3) is 0.143. The molecule has 0 radical (unpaired) electrons. The van der Waals surface area contributed by atoms with Crippen LogP contribution in [0.2, 0.25) is 0 Å². The van der Waals surface area contributed by atoms with E-state index in [-0.39, 0.29) is 5.91 Å². The molecule has 0 bridgehead atoms. The first kappa shape index (κ1) is 14.5. The fourth-order valence-electron chi connectivity index (χ4n) is 1.76. The first-order valence-electron chi connectivity index (χ1n) is 5.91. The van der Waals surface area contributed by atoms with Crippen molar-refractivity contribution in [3.05, 3.63) is 52.0 Å². The number of nitrogens with zero attached hydrogens (tertiary/aromatic N) is 1. The number of carbonyl (C=O) groups excluding carboxylic acids is 1. The van der Waals surface area contributed by atoms with Gasteiger partial charge in [-0.1, -0.05) is 0 Å². The Balaban J connectivity index is 2.30. The summed E-state index contributed by atoms with van der Waals surface area (Å²) >= 11 is 3.11. The summed E-state index contributed by atoms with van der Waals surface area (Å²) in [4.78, 5) is 16.1. The quantitative estimate of drug-likeness (QED) is 0.899. The Kier molecular flexibility index (Phi) is 4.34. The second kappa shape index (κ2) is 6.00. The van der Waals surface area contributed by atoms with E-state index in [1.165, 1.54) is 12.3 Å². The van der Waals surface area contributed by atoms with Crippen molar-refractivity contribution < 1.29 is 9.18 Å². The fourth-order valence-corrected chi connectivity index (χ4v) is 2.22. The van der Waals surface area contributed by atoms with Gasteiger partial charge in [0.1, 0.15) is 5.82 Å². The molecule has 4 nitrogen and oxygen atoms in total. The second-order valence-electron chi connectivity index (χ2n) is 4.21. The van der Waals surface area contributed by atoms with E-state index in [9.17, 15) is 9.18 Å². The molecule has 1 aromatic heterocycles. The molecule has 0 aliphatic heterocycles. The van der Waals surface area contributed by atoms with Gasteiger partial charge in [0.25, 0.3) is 5.91 Å². The van der Waals surface area contributed by atoms with Crippen molar-refractivity contribution in [2.75, 3.05) is 17.7 Å². The number of hydrogen-bond donors (Lipinski definition) is 2. The summed E-state index contributed by atoms with van der Waals surface area (Å²) in [5.41, 5.74) is 2.26. The van der Waals surface area contributed by atoms with Crippen LogP contribution in [0.15, 0.2) is 35.1 Å². The molecule has 1 amide bonds. The average Bonchev–Trinajstić information content (AvgIpc) is 2.44. The molecular weight excluding hydrogens is 325 g/mol. The number of aryl methyl sites for hydroxylation is 1. The molecule has 0 atom stereocenters. The van der Waals surface area contributed by atoms with E-state index < -0.39 is 5.82 Å². The smallest absolute Gasteiger partial charge is 0.259 e. The van der Waals surface area contributed by atoms with Gasteiger partial charge in [0.15, 0.2) is 0 Å². The zero-order valence-electron chi connectivity index (χ0n) is 11.0. The summed E-state index contributed by atoms with van der Waals surface area (Å²) in [6, 6.07) is 4.60. The summed E-state index contributed by atoms with van der Waals surface area (Å²) in [5.74, 6) is -0.766. The first-order valence-corrected chi connectivity index (χ1v) is 6.71. The minimum atomic E-state index is -0.425. The van der Waals surface area contributed by atoms with Crippen molar-refractivity contribution in [2.24, 2.45) is 0 Å². The Hall–Kier alpha value is -1.95. The number of hydrogen-bond acceptors (Lipinski definition) is 3. The summed E-state index contributed by atoms with van der Waals surface area (Å²) in [6.07, 6.45) is 3.05. The SMILES string of the molecule is CNc1ccncc1C(=O)Nc1cc(F)c(Br)cc1C. The Morgan fingerprint density at radius 1 is 1.35 bits per heavy atom. The highest BCUT2D eigenvalue weighted by atomic mass is 79.9. The zero-order valence-corrected chi connectivity index (χ0v) is 12.6. The number of pyridine rings is 1. The molecule has 2 aromatic rings. The topological polar surface area (TPSA) is 54.0 Å². The van der Waals surface area contributed by atoms with E-state index in [0.29, 0.717) is 21.4 Å². The van der Waals surface area contributed by atoms with Gasteiger partial charge in [-0.15, -0.1) is 0 Å². The number of aromatic nitrogens is 1. The average molecular weight is 338 g/mol. The van der Waals surface area contributed by atoms with Crippen molar-refractivity contribution in [1.82, 2.24) is 4.98 Å². The van der Waals surface area contributed by atoms with Gasteiger partial charge in [-0.25, -0.2) is 4.39 Å². The molecule has 0 saturated carbocycles. The van der Waals surface area contributed by atoms with Crippen LogP contribution in [-0.4, -0.2) is 17.9 Å². The summed E-state index contributed by atoms with van der Waals surface area (Å²) in [6.45, 7) is 1.79. The zero-order chi connectivity index (χ0) is 14.7. The lowest BCUT2D eigenvalue weighted by molar-refractivity contribution is 0.102. The maximum atomic E-state index is 13.5. The van der Waals surface area contributed by atoms with Gasteiger partial charge in [-0.05, 0) is 46.6 Å². The third-order valence-electron chi connectivity index (χ3n) is 2.85. The Bertz CT molecular complexity index is 661. The standard InChI is InChI=1S/C14H13BrFN3O/c1-8-5-10(15)11(16)6-13(8)19-14(20)9-7-18-4-3-12(9)17-2/h3-7H,1-2H3,(H,17,18)(H,19,20). The molecule has 0 aliphatic carbocycles. The lowest BCUT2D eigenvalue weighted by Gasteiger charge is -2.11. The van der Waals surface area contributed by atoms with Gasteiger partial charge in [0.05, 0.1) is 10.0 Å². The summed E-state index contributed by atoms with van der Waals surface area (Å²) in [5, 5.41) is 5.60. The van der Waals surface area contributed by atoms with Crippen molar-refractivity contribution in [2.45, 2.75) is 6.92 Å². The van der Waals surface area contributed by atoms with Crippen LogP contribution in [0.4, 0.5) is 15.8 Å². The molecular formula is C14H13BrFN3O. The first-order chi connectivity index (χ1) is 9.52. The molecule has 0 fully saturated rings. The predicted molar refractivity (Wildman–Crippen MR) is 80.6 cm³/mol. The van der Waals surface area contributed by atoms with Crippen LogP contribution in [0, 0.1) is 12.7 Å². The van der Waals surface area contributed by atoms with E-state index in [1.807, 2.05) is 0 Å². The number of carbonyl (C=O) groups is 1. The van der Waals surface area contributed by atoms with Crippen LogP contribution in [0.3, 0.4) is 0 Å². The molecule has 1 aromatic carbocycles. The van der Waals surface area contributed by atoms with Gasteiger partial charge < -0.3 is 10.6 Å². The molecule has 6 heteroatoms. The van der Waals surface area contributed by atoms with Gasteiger partial charge in [0.2, 0.25) is 0 Å². The third-order valence-corrected chi connectivity index (χ3v) is 3.46. The van der Waals surface area contributed by atoms with Crippen molar-refractivity contribution in [3.63, 3.8) is 0 Å². The van der Waals surface area contributed by atoms with E-state index in [2.05, 4.69) is 31.5 Å². The summed E-state index contributed by atoms with van der Waals surface area (Å²) < 4.78 is 13.9. The van der Waals surface area contributed by atoms with Crippen molar-refractivity contribution in [3.8, 4) is 0 Å². The normalized spacial score (nSPS) is 10.2. The molecule has 1 heterocycles. The maximum absolute atomic E-state index is 13.5. The molecule has 0 unspecified atom stereocenters. The largest absolute Gasteiger partial charge is 0.387 e. The Morgan fingerprint density at radius 2 is 2.10 bits per heavy atom. The lowest BCUT2D eigenvalue weighted by Crippen LogP contribution is -2.15. The predicted octanol–water partition coefficient (Wildman–Crippen LogP) is 3.59. The van der Waals surface area contributed by atoms with Crippen molar-refractivity contribution >= 4 is 33.2 Å². The highest BCUT2D eigenvalue weighted by Gasteiger charge is 2.13. The number of anilines is 2. The van der Waals surface area contributed by atoms with Gasteiger partial charge in [-0.2, -0.15) is 0 Å². The van der Waals surface area contributed by atoms with Crippen LogP contribution in [0.25, 0.3) is 0 Å². The van der Waals surface area contributed by atoms with Gasteiger partial charge in [0, 0.05) is 30.8 Å². The highest BCUT2D eigenvalue weighted by molar-refractivity contribution is 9.10. The monoisotopic (exact) mass is 337 g/mol. The van der Waals surface area contributed by atoms with E-state index in [0.717, 1.165) is 5.56 Å². The minimum Gasteiger partial charge on any atom is -0.387 e. The molecule has 0 aliphatic rings. The van der Waals surface area contributed by atoms with Crippen LogP contribution in [0.5, 0.6) is 0 Å². The number of halogens is 2. The van der Waals surface area contributed by atoms with E-state index in [4.69, 9.17) is 0 Å². The molecule has 20 heavy (non-hydrogen) atoms. The van der Waals surface area contributed by atoms with Gasteiger partial charge >= 0.3 is 0 Å². The second-order valence-corrected chi connectivity index (χ2v) is 5.06. The Morgan fingerprint density at radius 3 is 2.80 bits per heavy atom. The molecule has 0 saturated heterocycles. The van der Waals surface area contributed by atoms with Crippen LogP contribution in [-0.2, 0) is 0 Å². The number of benzene rings is 1. The molecule has 2 N–H and O–H groups in total. The van der Waals surface area contributed by atoms with Crippen LogP contribution >= 0.6 is 15.9 Å². The van der Waals surface area contributed by atoms with Gasteiger partial charge in [-0.3, -0.25) is 9.78 Å². The van der Waals surface area contributed by atoms with E-state index >= 15 is 0 Å². The highest BCUT2D eigenvalue weighted by Crippen LogP contribution is 2.25. The molecule has 104 valence electrons. The molecule has 2 rings (SSSR count).